The average molecular weight is 233 g/mol. The highest BCUT2D eigenvalue weighted by Gasteiger charge is 2.04. The van der Waals surface area contributed by atoms with Crippen molar-refractivity contribution in [2.45, 2.75) is 13.3 Å². The number of aryl methyl sites for hydroxylation is 1. The third kappa shape index (κ3) is 2.65. The van der Waals surface area contributed by atoms with Crippen LogP contribution in [0.1, 0.15) is 12.0 Å². The number of benzene rings is 1. The molecule has 0 amide bonds. The van der Waals surface area contributed by atoms with Gasteiger partial charge in [-0.05, 0) is 25.5 Å². The smallest absolute Gasteiger partial charge is 0.338 e. The maximum Gasteiger partial charge on any atom is 0.338 e. The second kappa shape index (κ2) is 5.01. The minimum absolute atomic E-state index is 0.130. The number of fused-ring (bicyclic) bond motifs is 1. The molecule has 0 fully saturated rings. The topological polar surface area (TPSA) is 62.5 Å². The van der Waals surface area contributed by atoms with Crippen molar-refractivity contribution in [1.29, 1.82) is 0 Å². The van der Waals surface area contributed by atoms with Crippen LogP contribution in [0.3, 0.4) is 0 Å². The Labute approximate surface area is 98.9 Å². The molecule has 0 radical (unpaired) electrons. The second-order valence-corrected chi connectivity index (χ2v) is 3.98. The first-order valence-corrected chi connectivity index (χ1v) is 5.60. The molecule has 0 unspecified atom stereocenters. The lowest BCUT2D eigenvalue weighted by atomic mass is 10.1. The molecule has 1 aromatic carbocycles. The minimum atomic E-state index is -0.368. The molecule has 1 aromatic heterocycles. The van der Waals surface area contributed by atoms with Gasteiger partial charge in [0.15, 0.2) is 0 Å². The van der Waals surface area contributed by atoms with Crippen molar-refractivity contribution in [3.05, 3.63) is 40.2 Å². The second-order valence-electron chi connectivity index (χ2n) is 3.98. The lowest BCUT2D eigenvalue weighted by Crippen LogP contribution is -2.07. The van der Waals surface area contributed by atoms with Gasteiger partial charge in [0.05, 0.1) is 5.69 Å². The van der Waals surface area contributed by atoms with Crippen LogP contribution < -0.4 is 10.9 Å². The van der Waals surface area contributed by atoms with Crippen LogP contribution in [0.5, 0.6) is 0 Å². The number of rotatable bonds is 4. The van der Waals surface area contributed by atoms with Crippen molar-refractivity contribution in [2.75, 3.05) is 18.5 Å². The van der Waals surface area contributed by atoms with Crippen LogP contribution in [0.15, 0.2) is 33.5 Å². The van der Waals surface area contributed by atoms with Crippen molar-refractivity contribution in [1.82, 2.24) is 0 Å². The van der Waals surface area contributed by atoms with Gasteiger partial charge in [-0.1, -0.05) is 11.6 Å². The molecule has 0 aliphatic heterocycles. The van der Waals surface area contributed by atoms with Gasteiger partial charge in [-0.2, -0.15) is 0 Å². The lowest BCUT2D eigenvalue weighted by Gasteiger charge is -2.08. The van der Waals surface area contributed by atoms with Gasteiger partial charge in [-0.15, -0.1) is 0 Å². The maximum absolute atomic E-state index is 11.4. The molecule has 0 saturated heterocycles. The largest absolute Gasteiger partial charge is 0.423 e. The fourth-order valence-electron chi connectivity index (χ4n) is 1.73. The zero-order valence-corrected chi connectivity index (χ0v) is 9.69. The zero-order chi connectivity index (χ0) is 12.3. The average Bonchev–Trinajstić information content (AvgIpc) is 2.30. The lowest BCUT2D eigenvalue weighted by molar-refractivity contribution is 0.292. The Balaban J connectivity index is 2.44. The molecule has 0 atom stereocenters. The Bertz CT molecular complexity index is 574. The molecule has 0 aliphatic rings. The van der Waals surface area contributed by atoms with E-state index in [1.54, 1.807) is 6.07 Å². The van der Waals surface area contributed by atoms with Crippen LogP contribution in [0.4, 0.5) is 5.69 Å². The SMILES string of the molecule is Cc1ccc2oc(=O)cc(NCCCO)c2c1. The monoisotopic (exact) mass is 233 g/mol. The van der Waals surface area contributed by atoms with E-state index in [4.69, 9.17) is 9.52 Å². The maximum atomic E-state index is 11.4. The normalized spacial score (nSPS) is 10.7. The fourth-order valence-corrected chi connectivity index (χ4v) is 1.73. The number of hydrogen-bond acceptors (Lipinski definition) is 4. The van der Waals surface area contributed by atoms with E-state index in [9.17, 15) is 4.79 Å². The van der Waals surface area contributed by atoms with Gasteiger partial charge in [-0.25, -0.2) is 4.79 Å². The fraction of sp³-hybridized carbons (Fsp3) is 0.308. The van der Waals surface area contributed by atoms with Crippen LogP contribution in [-0.4, -0.2) is 18.3 Å². The van der Waals surface area contributed by atoms with Crippen LogP contribution in [0.2, 0.25) is 0 Å². The highest BCUT2D eigenvalue weighted by Crippen LogP contribution is 2.22. The first-order valence-electron chi connectivity index (χ1n) is 5.60. The summed E-state index contributed by atoms with van der Waals surface area (Å²) in [7, 11) is 0. The van der Waals surface area contributed by atoms with Gasteiger partial charge in [0.25, 0.3) is 0 Å². The zero-order valence-electron chi connectivity index (χ0n) is 9.69. The van der Waals surface area contributed by atoms with Gasteiger partial charge in [0, 0.05) is 24.6 Å². The molecule has 0 bridgehead atoms. The number of hydrogen-bond donors (Lipinski definition) is 2. The Hall–Kier alpha value is -1.81. The van der Waals surface area contributed by atoms with E-state index in [0.29, 0.717) is 18.5 Å². The Kier molecular flexibility index (Phi) is 3.44. The standard InChI is InChI=1S/C13H15NO3/c1-9-3-4-12-10(7-9)11(8-13(16)17-12)14-5-2-6-15/h3-4,7-8,14-15H,2,5-6H2,1H3. The van der Waals surface area contributed by atoms with Crippen molar-refractivity contribution in [3.8, 4) is 0 Å². The van der Waals surface area contributed by atoms with Crippen molar-refractivity contribution < 1.29 is 9.52 Å². The molecule has 2 aromatic rings. The number of aliphatic hydroxyl groups is 1. The Morgan fingerprint density at radius 2 is 2.18 bits per heavy atom. The molecular weight excluding hydrogens is 218 g/mol. The van der Waals surface area contributed by atoms with Crippen LogP contribution >= 0.6 is 0 Å². The third-order valence-corrected chi connectivity index (χ3v) is 2.55. The first-order chi connectivity index (χ1) is 8.20. The van der Waals surface area contributed by atoms with E-state index in [2.05, 4.69) is 5.32 Å². The molecule has 90 valence electrons. The molecule has 2 N–H and O–H groups in total. The quantitative estimate of drug-likeness (QED) is 0.625. The Morgan fingerprint density at radius 3 is 2.94 bits per heavy atom. The minimum Gasteiger partial charge on any atom is -0.423 e. The van der Waals surface area contributed by atoms with Gasteiger partial charge >= 0.3 is 5.63 Å². The van der Waals surface area contributed by atoms with E-state index in [1.165, 1.54) is 6.07 Å². The van der Waals surface area contributed by atoms with Crippen LogP contribution in [0, 0.1) is 6.92 Å². The molecule has 4 nitrogen and oxygen atoms in total. The van der Waals surface area contributed by atoms with Crippen molar-refractivity contribution >= 4 is 16.7 Å². The van der Waals surface area contributed by atoms with Crippen LogP contribution in [0.25, 0.3) is 11.0 Å². The van der Waals surface area contributed by atoms with E-state index >= 15 is 0 Å². The molecule has 0 aliphatic carbocycles. The Morgan fingerprint density at radius 1 is 1.35 bits per heavy atom. The van der Waals surface area contributed by atoms with E-state index in [0.717, 1.165) is 16.6 Å². The number of aliphatic hydroxyl groups excluding tert-OH is 1. The summed E-state index contributed by atoms with van der Waals surface area (Å²) in [5, 5.41) is 12.8. The molecule has 4 heteroatoms. The summed E-state index contributed by atoms with van der Waals surface area (Å²) in [4.78, 5) is 11.4. The van der Waals surface area contributed by atoms with Crippen molar-refractivity contribution in [2.24, 2.45) is 0 Å². The molecule has 0 spiro atoms. The summed E-state index contributed by atoms with van der Waals surface area (Å²) in [6, 6.07) is 7.12. The summed E-state index contributed by atoms with van der Waals surface area (Å²) in [6.07, 6.45) is 0.646. The predicted octanol–water partition coefficient (Wildman–Crippen LogP) is 1.90. The van der Waals surface area contributed by atoms with Crippen molar-refractivity contribution in [3.63, 3.8) is 0 Å². The van der Waals surface area contributed by atoms with Gasteiger partial charge in [0.2, 0.25) is 0 Å². The van der Waals surface area contributed by atoms with Gasteiger partial charge in [-0.3, -0.25) is 0 Å². The molecular formula is C13H15NO3. The van der Waals surface area contributed by atoms with E-state index in [-0.39, 0.29) is 12.2 Å². The third-order valence-electron chi connectivity index (χ3n) is 2.55. The van der Waals surface area contributed by atoms with E-state index < -0.39 is 0 Å². The van der Waals surface area contributed by atoms with Crippen LogP contribution in [-0.2, 0) is 0 Å². The summed E-state index contributed by atoms with van der Waals surface area (Å²) >= 11 is 0. The molecule has 2 rings (SSSR count). The summed E-state index contributed by atoms with van der Waals surface area (Å²) in [6.45, 7) is 2.75. The summed E-state index contributed by atoms with van der Waals surface area (Å²) in [5.74, 6) is 0. The van der Waals surface area contributed by atoms with Gasteiger partial charge in [0.1, 0.15) is 5.58 Å². The molecule has 0 saturated carbocycles. The predicted molar refractivity (Wildman–Crippen MR) is 67.4 cm³/mol. The first kappa shape index (κ1) is 11.7. The van der Waals surface area contributed by atoms with Gasteiger partial charge < -0.3 is 14.8 Å². The van der Waals surface area contributed by atoms with E-state index in [1.807, 2.05) is 19.1 Å². The summed E-state index contributed by atoms with van der Waals surface area (Å²) < 4.78 is 5.12. The highest BCUT2D eigenvalue weighted by atomic mass is 16.4. The highest BCUT2D eigenvalue weighted by molar-refractivity contribution is 5.90. The summed E-state index contributed by atoms with van der Waals surface area (Å²) in [5.41, 5.74) is 2.08. The molecule has 1 heterocycles. The molecule has 17 heavy (non-hydrogen) atoms. The number of nitrogens with one attached hydrogen (secondary N) is 1. The number of anilines is 1.